The van der Waals surface area contributed by atoms with Crippen molar-refractivity contribution in [1.29, 1.82) is 0 Å². The van der Waals surface area contributed by atoms with E-state index in [1.165, 1.54) is 10.8 Å². The van der Waals surface area contributed by atoms with Crippen molar-refractivity contribution in [2.24, 2.45) is 0 Å². The van der Waals surface area contributed by atoms with Gasteiger partial charge in [0.15, 0.2) is 0 Å². The Morgan fingerprint density at radius 3 is 2.36 bits per heavy atom. The molecule has 3 heteroatoms. The van der Waals surface area contributed by atoms with Crippen LogP contribution < -0.4 is 5.19 Å². The summed E-state index contributed by atoms with van der Waals surface area (Å²) < 4.78 is 0. The topological polar surface area (TPSA) is 0 Å². The summed E-state index contributed by atoms with van der Waals surface area (Å²) in [7, 11) is 0.335. The largest absolute Gasteiger partial charge is 0.210 e. The number of hydrogen-bond acceptors (Lipinski definition) is 0. The summed E-state index contributed by atoms with van der Waals surface area (Å²) in [5.41, 5.74) is 2.35. The quantitative estimate of drug-likeness (QED) is 0.485. The van der Waals surface area contributed by atoms with Gasteiger partial charge in [0.1, 0.15) is 0 Å². The molecule has 0 aliphatic rings. The summed E-state index contributed by atoms with van der Waals surface area (Å²) in [4.78, 5) is 0. The standard InChI is InChI=1S/C8H8Cl2Si/c1-5-6(2)8(11-10)4-3-7(5)9/h3-4H,1-2H3. The van der Waals surface area contributed by atoms with E-state index in [4.69, 9.17) is 22.7 Å². The van der Waals surface area contributed by atoms with Gasteiger partial charge in [-0.1, -0.05) is 17.7 Å². The zero-order chi connectivity index (χ0) is 8.43. The fourth-order valence-electron chi connectivity index (χ4n) is 0.890. The van der Waals surface area contributed by atoms with Crippen LogP contribution in [0.15, 0.2) is 12.1 Å². The number of rotatable bonds is 1. The summed E-state index contributed by atoms with van der Waals surface area (Å²) in [6.45, 7) is 4.06. The van der Waals surface area contributed by atoms with Gasteiger partial charge in [-0.25, -0.2) is 0 Å². The summed E-state index contributed by atoms with van der Waals surface area (Å²) in [5.74, 6) is 0. The van der Waals surface area contributed by atoms with Crippen LogP contribution in [0.2, 0.25) is 5.02 Å². The van der Waals surface area contributed by atoms with Crippen LogP contribution in [0.3, 0.4) is 0 Å². The van der Waals surface area contributed by atoms with E-state index in [2.05, 4.69) is 0 Å². The minimum absolute atomic E-state index is 0.335. The van der Waals surface area contributed by atoms with Gasteiger partial charge < -0.3 is 0 Å². The maximum Gasteiger partial charge on any atom is 0.210 e. The highest BCUT2D eigenvalue weighted by Gasteiger charge is 2.03. The SMILES string of the molecule is Cc1c(Cl)ccc([Si]Cl)c1C. The lowest BCUT2D eigenvalue weighted by Gasteiger charge is -2.05. The number of halogens is 2. The van der Waals surface area contributed by atoms with Crippen molar-refractivity contribution in [3.05, 3.63) is 28.3 Å². The van der Waals surface area contributed by atoms with Gasteiger partial charge in [0.25, 0.3) is 0 Å². The molecule has 0 N–H and O–H groups in total. The molecule has 58 valence electrons. The van der Waals surface area contributed by atoms with Crippen LogP contribution in [0.1, 0.15) is 11.1 Å². The maximum atomic E-state index is 5.90. The highest BCUT2D eigenvalue weighted by atomic mass is 35.6. The van der Waals surface area contributed by atoms with Crippen LogP contribution in [0, 0.1) is 13.8 Å². The first kappa shape index (κ1) is 9.11. The first-order valence-electron chi connectivity index (χ1n) is 3.29. The molecule has 0 saturated carbocycles. The maximum absolute atomic E-state index is 5.90. The second kappa shape index (κ2) is 3.61. The molecular weight excluding hydrogens is 195 g/mol. The molecule has 0 saturated heterocycles. The normalized spacial score (nSPS) is 10.2. The van der Waals surface area contributed by atoms with Gasteiger partial charge in [-0.2, -0.15) is 11.1 Å². The lowest BCUT2D eigenvalue weighted by Crippen LogP contribution is -2.13. The fourth-order valence-corrected chi connectivity index (χ4v) is 2.18. The predicted molar refractivity (Wildman–Crippen MR) is 52.2 cm³/mol. The first-order chi connectivity index (χ1) is 5.16. The highest BCUT2D eigenvalue weighted by Crippen LogP contribution is 2.16. The van der Waals surface area contributed by atoms with Gasteiger partial charge >= 0.3 is 0 Å². The molecule has 0 unspecified atom stereocenters. The van der Waals surface area contributed by atoms with Gasteiger partial charge in [-0.3, -0.25) is 0 Å². The minimum atomic E-state index is 0.335. The van der Waals surface area contributed by atoms with E-state index in [1.807, 2.05) is 26.0 Å². The van der Waals surface area contributed by atoms with Crippen LogP contribution in [0.5, 0.6) is 0 Å². The van der Waals surface area contributed by atoms with E-state index in [9.17, 15) is 0 Å². The monoisotopic (exact) mass is 202 g/mol. The van der Waals surface area contributed by atoms with E-state index in [-0.39, 0.29) is 0 Å². The van der Waals surface area contributed by atoms with Crippen molar-refractivity contribution in [2.45, 2.75) is 13.8 Å². The Hall–Kier alpha value is 0.0169. The van der Waals surface area contributed by atoms with Crippen LogP contribution >= 0.6 is 22.7 Å². The lowest BCUT2D eigenvalue weighted by molar-refractivity contribution is 1.37. The predicted octanol–water partition coefficient (Wildman–Crippen LogP) is 2.44. The molecule has 11 heavy (non-hydrogen) atoms. The summed E-state index contributed by atoms with van der Waals surface area (Å²) >= 11 is 11.6. The number of benzene rings is 1. The molecule has 0 spiro atoms. The van der Waals surface area contributed by atoms with Crippen molar-refractivity contribution in [2.75, 3.05) is 0 Å². The molecular formula is C8H8Cl2Si. The van der Waals surface area contributed by atoms with Crippen LogP contribution in [0.25, 0.3) is 0 Å². The lowest BCUT2D eigenvalue weighted by atomic mass is 10.1. The van der Waals surface area contributed by atoms with Crippen molar-refractivity contribution in [3.8, 4) is 0 Å². The zero-order valence-electron chi connectivity index (χ0n) is 6.41. The molecule has 0 heterocycles. The van der Waals surface area contributed by atoms with E-state index in [0.717, 1.165) is 10.6 Å². The Balaban J connectivity index is 3.25. The summed E-state index contributed by atoms with van der Waals surface area (Å²) in [6, 6.07) is 3.88. The molecule has 0 aliphatic carbocycles. The van der Waals surface area contributed by atoms with Crippen molar-refractivity contribution in [3.63, 3.8) is 0 Å². The third-order valence-corrected chi connectivity index (χ3v) is 3.59. The smallest absolute Gasteiger partial charge is 0.165 e. The van der Waals surface area contributed by atoms with Crippen molar-refractivity contribution < 1.29 is 0 Å². The molecule has 1 rings (SSSR count). The minimum Gasteiger partial charge on any atom is -0.165 e. The van der Waals surface area contributed by atoms with Crippen molar-refractivity contribution in [1.82, 2.24) is 0 Å². The Morgan fingerprint density at radius 2 is 1.82 bits per heavy atom. The molecule has 1 aromatic carbocycles. The van der Waals surface area contributed by atoms with E-state index < -0.39 is 0 Å². The van der Waals surface area contributed by atoms with Crippen LogP contribution in [0.4, 0.5) is 0 Å². The second-order valence-corrected chi connectivity index (χ2v) is 4.14. The third kappa shape index (κ3) is 1.78. The Kier molecular flexibility index (Phi) is 2.99. The molecule has 2 radical (unpaired) electrons. The highest BCUT2D eigenvalue weighted by molar-refractivity contribution is 7.01. The van der Waals surface area contributed by atoms with Gasteiger partial charge in [-0.15, -0.1) is 0 Å². The average molecular weight is 203 g/mol. The van der Waals surface area contributed by atoms with Gasteiger partial charge in [-0.05, 0) is 36.2 Å². The van der Waals surface area contributed by atoms with Gasteiger partial charge in [0.05, 0.1) is 0 Å². The second-order valence-electron chi connectivity index (χ2n) is 2.44. The Labute approximate surface area is 79.0 Å². The summed E-state index contributed by atoms with van der Waals surface area (Å²) in [6.07, 6.45) is 0. The molecule has 1 aromatic rings. The van der Waals surface area contributed by atoms with Gasteiger partial charge in [0, 0.05) is 5.02 Å². The Bertz CT molecular complexity index is 271. The zero-order valence-corrected chi connectivity index (χ0v) is 8.92. The Morgan fingerprint density at radius 1 is 1.18 bits per heavy atom. The van der Waals surface area contributed by atoms with Crippen LogP contribution in [-0.4, -0.2) is 8.83 Å². The third-order valence-electron chi connectivity index (χ3n) is 1.82. The molecule has 0 bridgehead atoms. The fraction of sp³-hybridized carbons (Fsp3) is 0.250. The van der Waals surface area contributed by atoms with Crippen molar-refractivity contribution >= 4 is 36.7 Å². The molecule has 0 aliphatic heterocycles. The molecule has 0 aromatic heterocycles. The number of hydrogen-bond donors (Lipinski definition) is 0. The van der Waals surface area contributed by atoms with E-state index in [1.54, 1.807) is 0 Å². The summed E-state index contributed by atoms with van der Waals surface area (Å²) in [5, 5.41) is 2.01. The molecule has 0 fully saturated rings. The molecule has 0 nitrogen and oxygen atoms in total. The van der Waals surface area contributed by atoms with Gasteiger partial charge in [0.2, 0.25) is 8.83 Å². The first-order valence-corrected chi connectivity index (χ1v) is 5.68. The molecule has 0 amide bonds. The van der Waals surface area contributed by atoms with Crippen LogP contribution in [-0.2, 0) is 0 Å². The molecule has 0 atom stereocenters. The average Bonchev–Trinajstić information content (AvgIpc) is 2.01. The van der Waals surface area contributed by atoms with E-state index >= 15 is 0 Å². The van der Waals surface area contributed by atoms with E-state index in [0.29, 0.717) is 8.83 Å².